The summed E-state index contributed by atoms with van der Waals surface area (Å²) in [4.78, 5) is 29.0. The highest BCUT2D eigenvalue weighted by molar-refractivity contribution is 7.61. The Kier molecular flexibility index (Phi) is 5.16. The van der Waals surface area contributed by atoms with Crippen LogP contribution in [0.15, 0.2) is 34.7 Å². The van der Waals surface area contributed by atoms with E-state index in [4.69, 9.17) is 4.74 Å². The second-order valence-electron chi connectivity index (χ2n) is 9.97. The molecule has 0 aliphatic heterocycles. The average Bonchev–Trinajstić information content (AvgIpc) is 3.47. The van der Waals surface area contributed by atoms with E-state index in [0.29, 0.717) is 23.3 Å². The van der Waals surface area contributed by atoms with Crippen LogP contribution in [0.1, 0.15) is 44.1 Å². The third kappa shape index (κ3) is 3.12. The second-order valence-corrected chi connectivity index (χ2v) is 10.6. The van der Waals surface area contributed by atoms with Gasteiger partial charge in [-0.05, 0) is 61.8 Å². The standard InChI is InChI=1S/C23H29N3O5S/c1-24-21(28)26(22-10-14-8-15(11-22)19(31-2)16(9-14)12-22)20(27)23(13-18(23)25-32(29)30)17-6-4-3-5-7-17/h3-7,14-16,18-19H,8-13H2,1-2H3,(H,24,28). The van der Waals surface area contributed by atoms with Gasteiger partial charge in [-0.1, -0.05) is 30.3 Å². The molecule has 5 aliphatic carbocycles. The van der Waals surface area contributed by atoms with Crippen molar-refractivity contribution in [2.24, 2.45) is 22.1 Å². The molecule has 1 N–H and O–H groups in total. The van der Waals surface area contributed by atoms with Gasteiger partial charge in [0.2, 0.25) is 5.91 Å². The van der Waals surface area contributed by atoms with Crippen molar-refractivity contribution in [3.63, 3.8) is 0 Å². The van der Waals surface area contributed by atoms with E-state index < -0.39 is 33.5 Å². The van der Waals surface area contributed by atoms with Gasteiger partial charge in [-0.2, -0.15) is 12.8 Å². The van der Waals surface area contributed by atoms with Crippen LogP contribution >= 0.6 is 0 Å². The summed E-state index contributed by atoms with van der Waals surface area (Å²) in [5.41, 5.74) is -0.982. The highest BCUT2D eigenvalue weighted by Gasteiger charge is 2.68. The molecule has 3 amide bonds. The number of nitrogens with zero attached hydrogens (tertiary/aromatic N) is 2. The first-order valence-corrected chi connectivity index (χ1v) is 12.3. The minimum atomic E-state index is -2.62. The zero-order valence-electron chi connectivity index (χ0n) is 18.4. The predicted molar refractivity (Wildman–Crippen MR) is 116 cm³/mol. The van der Waals surface area contributed by atoms with Gasteiger partial charge in [-0.25, -0.2) is 4.79 Å². The Morgan fingerprint density at radius 3 is 2.31 bits per heavy atom. The summed E-state index contributed by atoms with van der Waals surface area (Å²) in [5, 5.41) is 2.69. The van der Waals surface area contributed by atoms with Crippen molar-refractivity contribution >= 4 is 22.4 Å². The fourth-order valence-corrected chi connectivity index (χ4v) is 7.77. The molecule has 4 bridgehead atoms. The lowest BCUT2D eigenvalue weighted by atomic mass is 9.51. The quantitative estimate of drug-likeness (QED) is 0.728. The zero-order valence-corrected chi connectivity index (χ0v) is 19.2. The van der Waals surface area contributed by atoms with E-state index >= 15 is 0 Å². The summed E-state index contributed by atoms with van der Waals surface area (Å²) >= 11 is 0. The smallest absolute Gasteiger partial charge is 0.324 e. The molecule has 1 aromatic carbocycles. The van der Waals surface area contributed by atoms with Gasteiger partial charge in [-0.3, -0.25) is 9.69 Å². The molecule has 0 saturated heterocycles. The number of urea groups is 1. The largest absolute Gasteiger partial charge is 0.381 e. The van der Waals surface area contributed by atoms with Crippen LogP contribution in [0.5, 0.6) is 0 Å². The molecule has 0 heterocycles. The van der Waals surface area contributed by atoms with Gasteiger partial charge in [0.25, 0.3) is 0 Å². The first kappa shape index (κ1) is 21.6. The number of rotatable bonds is 5. The van der Waals surface area contributed by atoms with E-state index in [1.165, 1.54) is 11.9 Å². The van der Waals surface area contributed by atoms with E-state index in [9.17, 15) is 18.0 Å². The summed E-state index contributed by atoms with van der Waals surface area (Å²) in [6, 6.07) is 8.03. The molecule has 6 rings (SSSR count). The van der Waals surface area contributed by atoms with Crippen molar-refractivity contribution in [2.75, 3.05) is 14.2 Å². The monoisotopic (exact) mass is 459 g/mol. The van der Waals surface area contributed by atoms with Gasteiger partial charge in [-0.15, -0.1) is 0 Å². The van der Waals surface area contributed by atoms with Crippen LogP contribution in [0, 0.1) is 17.8 Å². The molecule has 5 aliphatic rings. The van der Waals surface area contributed by atoms with E-state index in [1.807, 2.05) is 30.3 Å². The summed E-state index contributed by atoms with van der Waals surface area (Å²) in [6.45, 7) is 0. The van der Waals surface area contributed by atoms with Gasteiger partial charge in [0.15, 0.2) is 0 Å². The number of amides is 3. The minimum absolute atomic E-state index is 0.177. The Bertz CT molecular complexity index is 1050. The Balaban J connectivity index is 1.58. The maximum Gasteiger partial charge on any atom is 0.324 e. The molecular weight excluding hydrogens is 430 g/mol. The summed E-state index contributed by atoms with van der Waals surface area (Å²) < 4.78 is 32.3. The number of hydrogen-bond acceptors (Lipinski definition) is 6. The van der Waals surface area contributed by atoms with Gasteiger partial charge < -0.3 is 10.1 Å². The highest BCUT2D eigenvalue weighted by Crippen LogP contribution is 2.60. The van der Waals surface area contributed by atoms with Gasteiger partial charge >= 0.3 is 16.5 Å². The molecule has 5 saturated carbocycles. The molecule has 5 fully saturated rings. The lowest BCUT2D eigenvalue weighted by Gasteiger charge is -2.62. The Hall–Kier alpha value is -2.26. The molecule has 32 heavy (non-hydrogen) atoms. The Morgan fingerprint density at radius 1 is 1.09 bits per heavy atom. The van der Waals surface area contributed by atoms with E-state index in [1.54, 1.807) is 7.11 Å². The number of hydrogen-bond donors (Lipinski definition) is 1. The number of methoxy groups -OCH3 is 1. The van der Waals surface area contributed by atoms with Crippen LogP contribution in [-0.2, 0) is 25.4 Å². The topological polar surface area (TPSA) is 105 Å². The number of benzene rings is 1. The lowest BCUT2D eigenvalue weighted by Crippen LogP contribution is -2.68. The van der Waals surface area contributed by atoms with Gasteiger partial charge in [0.05, 0.1) is 17.7 Å². The molecule has 4 atom stereocenters. The van der Waals surface area contributed by atoms with Crippen LogP contribution in [-0.4, -0.2) is 57.1 Å². The second kappa shape index (κ2) is 7.66. The van der Waals surface area contributed by atoms with E-state index in [0.717, 1.165) is 32.1 Å². The molecule has 1 aromatic rings. The van der Waals surface area contributed by atoms with Crippen molar-refractivity contribution in [3.8, 4) is 0 Å². The normalized spacial score (nSPS) is 38.8. The SMILES string of the molecule is CNC(=O)N(C(=O)C1(c2ccccc2)CC1N=S(=O)=O)C12CC3CC(C1)C(OC)C(C3)C2. The number of ether oxygens (including phenoxy) is 1. The summed E-state index contributed by atoms with van der Waals surface area (Å²) in [6.07, 6.45) is 4.87. The maximum absolute atomic E-state index is 14.3. The Morgan fingerprint density at radius 2 is 1.75 bits per heavy atom. The van der Waals surface area contributed by atoms with Crippen LogP contribution in [0.3, 0.4) is 0 Å². The summed E-state index contributed by atoms with van der Waals surface area (Å²) in [5.74, 6) is 0.791. The fourth-order valence-electron chi connectivity index (χ4n) is 7.30. The third-order valence-corrected chi connectivity index (χ3v) is 8.76. The van der Waals surface area contributed by atoms with Gasteiger partial charge in [0, 0.05) is 14.2 Å². The fraction of sp³-hybridized carbons (Fsp3) is 0.652. The van der Waals surface area contributed by atoms with Crippen molar-refractivity contribution in [3.05, 3.63) is 35.9 Å². The summed E-state index contributed by atoms with van der Waals surface area (Å²) in [7, 11) is 0.670. The molecular formula is C23H29N3O5S. The first-order valence-electron chi connectivity index (χ1n) is 11.3. The maximum atomic E-state index is 14.3. The van der Waals surface area contributed by atoms with Crippen LogP contribution in [0.2, 0.25) is 0 Å². The lowest BCUT2D eigenvalue weighted by molar-refractivity contribution is -0.166. The molecule has 4 unspecified atom stereocenters. The molecule has 8 nitrogen and oxygen atoms in total. The van der Waals surface area contributed by atoms with Gasteiger partial charge in [0.1, 0.15) is 5.41 Å². The van der Waals surface area contributed by atoms with Crippen LogP contribution in [0.25, 0.3) is 0 Å². The minimum Gasteiger partial charge on any atom is -0.381 e. The third-order valence-electron chi connectivity index (χ3n) is 8.33. The number of imide groups is 1. The molecule has 9 heteroatoms. The van der Waals surface area contributed by atoms with Crippen molar-refractivity contribution in [1.82, 2.24) is 10.2 Å². The average molecular weight is 460 g/mol. The van der Waals surface area contributed by atoms with Crippen molar-refractivity contribution in [1.29, 1.82) is 0 Å². The van der Waals surface area contributed by atoms with E-state index in [-0.39, 0.29) is 18.4 Å². The van der Waals surface area contributed by atoms with E-state index in [2.05, 4.69) is 9.68 Å². The van der Waals surface area contributed by atoms with Crippen molar-refractivity contribution < 1.29 is 22.7 Å². The Labute approximate surface area is 189 Å². The molecule has 0 aromatic heterocycles. The predicted octanol–water partition coefficient (Wildman–Crippen LogP) is 2.52. The number of carbonyl (C=O) groups excluding carboxylic acids is 2. The van der Waals surface area contributed by atoms with Crippen LogP contribution < -0.4 is 5.32 Å². The molecule has 0 radical (unpaired) electrons. The highest BCUT2D eigenvalue weighted by atomic mass is 32.2. The molecule has 172 valence electrons. The first-order chi connectivity index (χ1) is 15.3. The zero-order chi connectivity index (χ0) is 22.7. The number of nitrogens with one attached hydrogen (secondary N) is 1. The molecule has 0 spiro atoms. The van der Waals surface area contributed by atoms with Crippen LogP contribution in [0.4, 0.5) is 4.79 Å². The number of carbonyl (C=O) groups is 2. The van der Waals surface area contributed by atoms with Crippen molar-refractivity contribution in [2.45, 2.75) is 61.6 Å².